The van der Waals surface area contributed by atoms with Gasteiger partial charge in [0, 0.05) is 11.1 Å². The topological polar surface area (TPSA) is 95.1 Å². The number of amides is 1. The molecular weight excluding hydrogens is 270 g/mol. The van der Waals surface area contributed by atoms with E-state index in [9.17, 15) is 14.7 Å². The van der Waals surface area contributed by atoms with Gasteiger partial charge in [0.1, 0.15) is 0 Å². The van der Waals surface area contributed by atoms with E-state index in [0.717, 1.165) is 10.9 Å². The fourth-order valence-electron chi connectivity index (χ4n) is 3.10. The van der Waals surface area contributed by atoms with E-state index < -0.39 is 17.8 Å². The number of H-pyrrole nitrogens is 1. The van der Waals surface area contributed by atoms with Gasteiger partial charge in [-0.25, -0.2) is 0 Å². The van der Waals surface area contributed by atoms with Gasteiger partial charge in [0.25, 0.3) is 0 Å². The number of carbonyl (C=O) groups excluding carboxylic acids is 1. The minimum Gasteiger partial charge on any atom is -0.481 e. The number of fused-ring (bicyclic) bond motifs is 1. The summed E-state index contributed by atoms with van der Waals surface area (Å²) in [5.74, 6) is -1.89. The molecule has 1 aromatic heterocycles. The van der Waals surface area contributed by atoms with Crippen LogP contribution in [0.2, 0.25) is 0 Å². The molecule has 0 spiro atoms. The summed E-state index contributed by atoms with van der Waals surface area (Å²) < 4.78 is 0. The Morgan fingerprint density at radius 3 is 2.86 bits per heavy atom. The fourth-order valence-corrected chi connectivity index (χ4v) is 3.10. The van der Waals surface area contributed by atoms with Crippen LogP contribution in [-0.4, -0.2) is 27.2 Å². The Hall–Kier alpha value is -2.37. The molecule has 1 aliphatic rings. The number of aromatic nitrogens is 2. The van der Waals surface area contributed by atoms with Crippen LogP contribution in [0.25, 0.3) is 10.9 Å². The maximum atomic E-state index is 12.3. The number of hydrogen-bond acceptors (Lipinski definition) is 3. The van der Waals surface area contributed by atoms with Crippen LogP contribution in [0.3, 0.4) is 0 Å². The summed E-state index contributed by atoms with van der Waals surface area (Å²) >= 11 is 0. The van der Waals surface area contributed by atoms with E-state index >= 15 is 0 Å². The van der Waals surface area contributed by atoms with Gasteiger partial charge in [-0.05, 0) is 37.0 Å². The molecule has 0 aliphatic heterocycles. The number of nitrogens with zero attached hydrogens (tertiary/aromatic N) is 1. The Morgan fingerprint density at radius 1 is 1.33 bits per heavy atom. The fraction of sp³-hybridized carbons (Fsp3) is 0.400. The number of hydrogen-bond donors (Lipinski definition) is 3. The molecular formula is C15H17N3O3. The van der Waals surface area contributed by atoms with Gasteiger partial charge in [-0.15, -0.1) is 0 Å². The molecule has 1 heterocycles. The minimum absolute atomic E-state index is 0.217. The molecule has 1 aliphatic carbocycles. The second kappa shape index (κ2) is 5.20. The highest BCUT2D eigenvalue weighted by atomic mass is 16.4. The monoisotopic (exact) mass is 287 g/mol. The number of nitrogens with one attached hydrogen (secondary N) is 2. The highest BCUT2D eigenvalue weighted by Crippen LogP contribution is 2.37. The highest BCUT2D eigenvalue weighted by Gasteiger charge is 2.41. The predicted molar refractivity (Wildman–Crippen MR) is 77.7 cm³/mol. The smallest absolute Gasteiger partial charge is 0.307 e. The van der Waals surface area contributed by atoms with Gasteiger partial charge in [0.15, 0.2) is 0 Å². The van der Waals surface area contributed by atoms with Gasteiger partial charge in [-0.3, -0.25) is 14.7 Å². The minimum atomic E-state index is -0.886. The lowest BCUT2D eigenvalue weighted by Gasteiger charge is -2.15. The van der Waals surface area contributed by atoms with Crippen molar-refractivity contribution < 1.29 is 14.7 Å². The molecule has 0 saturated heterocycles. The Balaban J connectivity index is 1.77. The number of aromatic amines is 1. The van der Waals surface area contributed by atoms with E-state index in [1.165, 1.54) is 0 Å². The SMILES string of the molecule is CC1CC(C(=O)O)C(C(=O)Nc2ccc3cn[nH]c3c2)C1. The average molecular weight is 287 g/mol. The lowest BCUT2D eigenvalue weighted by molar-refractivity contribution is -0.145. The lowest BCUT2D eigenvalue weighted by atomic mass is 9.95. The first-order valence-electron chi connectivity index (χ1n) is 7.01. The molecule has 21 heavy (non-hydrogen) atoms. The molecule has 1 aromatic carbocycles. The summed E-state index contributed by atoms with van der Waals surface area (Å²) in [7, 11) is 0. The number of carboxylic acid groups (broad SMARTS) is 1. The summed E-state index contributed by atoms with van der Waals surface area (Å²) in [4.78, 5) is 23.6. The third-order valence-electron chi connectivity index (χ3n) is 4.16. The van der Waals surface area contributed by atoms with E-state index in [1.54, 1.807) is 18.3 Å². The van der Waals surface area contributed by atoms with Crippen molar-refractivity contribution in [2.24, 2.45) is 17.8 Å². The summed E-state index contributed by atoms with van der Waals surface area (Å²) in [5.41, 5.74) is 1.49. The molecule has 1 saturated carbocycles. The van der Waals surface area contributed by atoms with Crippen LogP contribution in [0.15, 0.2) is 24.4 Å². The van der Waals surface area contributed by atoms with Crippen LogP contribution < -0.4 is 5.32 Å². The zero-order valence-corrected chi connectivity index (χ0v) is 11.7. The molecule has 6 heteroatoms. The first kappa shape index (κ1) is 13.6. The van der Waals surface area contributed by atoms with E-state index in [1.807, 2.05) is 13.0 Å². The normalized spacial score (nSPS) is 25.1. The second-order valence-corrected chi connectivity index (χ2v) is 5.79. The number of carbonyl (C=O) groups is 2. The largest absolute Gasteiger partial charge is 0.481 e. The standard InChI is InChI=1S/C15H17N3O3/c1-8-4-11(12(5-8)15(20)21)14(19)17-10-3-2-9-7-16-18-13(9)6-10/h2-3,6-8,11-12H,4-5H2,1H3,(H,16,18)(H,17,19)(H,20,21). The molecule has 3 atom stereocenters. The predicted octanol–water partition coefficient (Wildman–Crippen LogP) is 2.25. The molecule has 1 amide bonds. The van der Waals surface area contributed by atoms with Gasteiger partial charge < -0.3 is 10.4 Å². The third-order valence-corrected chi connectivity index (χ3v) is 4.16. The van der Waals surface area contributed by atoms with Gasteiger partial charge in [0.2, 0.25) is 5.91 Å². The zero-order valence-electron chi connectivity index (χ0n) is 11.7. The molecule has 3 rings (SSSR count). The Labute approximate surface area is 121 Å². The second-order valence-electron chi connectivity index (χ2n) is 5.79. The van der Waals surface area contributed by atoms with E-state index in [2.05, 4.69) is 15.5 Å². The molecule has 3 N–H and O–H groups in total. The molecule has 1 fully saturated rings. The van der Waals surface area contributed by atoms with Crippen molar-refractivity contribution in [2.45, 2.75) is 19.8 Å². The van der Waals surface area contributed by atoms with Crippen molar-refractivity contribution in [1.82, 2.24) is 10.2 Å². The summed E-state index contributed by atoms with van der Waals surface area (Å²) in [6.45, 7) is 1.99. The summed E-state index contributed by atoms with van der Waals surface area (Å²) in [5, 5.41) is 19.8. The van der Waals surface area contributed by atoms with Crippen LogP contribution in [0.4, 0.5) is 5.69 Å². The van der Waals surface area contributed by atoms with E-state index in [-0.39, 0.29) is 11.8 Å². The zero-order chi connectivity index (χ0) is 15.0. The summed E-state index contributed by atoms with van der Waals surface area (Å²) in [6.07, 6.45) is 2.89. The van der Waals surface area contributed by atoms with Crippen molar-refractivity contribution in [3.63, 3.8) is 0 Å². The molecule has 0 radical (unpaired) electrons. The Kier molecular flexibility index (Phi) is 3.37. The lowest BCUT2D eigenvalue weighted by Crippen LogP contribution is -2.29. The molecule has 0 bridgehead atoms. The van der Waals surface area contributed by atoms with Gasteiger partial charge >= 0.3 is 5.97 Å². The van der Waals surface area contributed by atoms with Crippen LogP contribution in [0.5, 0.6) is 0 Å². The van der Waals surface area contributed by atoms with Crippen molar-refractivity contribution in [3.8, 4) is 0 Å². The van der Waals surface area contributed by atoms with E-state index in [4.69, 9.17) is 0 Å². The van der Waals surface area contributed by atoms with Gasteiger partial charge in [-0.1, -0.05) is 6.92 Å². The van der Waals surface area contributed by atoms with Crippen LogP contribution in [-0.2, 0) is 9.59 Å². The van der Waals surface area contributed by atoms with Crippen LogP contribution >= 0.6 is 0 Å². The van der Waals surface area contributed by atoms with Crippen molar-refractivity contribution in [1.29, 1.82) is 0 Å². The van der Waals surface area contributed by atoms with Crippen molar-refractivity contribution in [3.05, 3.63) is 24.4 Å². The molecule has 3 unspecified atom stereocenters. The number of aliphatic carboxylic acids is 1. The maximum Gasteiger partial charge on any atom is 0.307 e. The Bertz CT molecular complexity index is 694. The first-order valence-corrected chi connectivity index (χ1v) is 7.01. The quantitative estimate of drug-likeness (QED) is 0.806. The van der Waals surface area contributed by atoms with Crippen LogP contribution in [0.1, 0.15) is 19.8 Å². The summed E-state index contributed by atoms with van der Waals surface area (Å²) in [6, 6.07) is 5.46. The third kappa shape index (κ3) is 2.61. The van der Waals surface area contributed by atoms with E-state index in [0.29, 0.717) is 18.5 Å². The van der Waals surface area contributed by atoms with Crippen molar-refractivity contribution in [2.75, 3.05) is 5.32 Å². The molecule has 110 valence electrons. The first-order chi connectivity index (χ1) is 10.0. The molecule has 2 aromatic rings. The van der Waals surface area contributed by atoms with Crippen molar-refractivity contribution >= 4 is 28.5 Å². The molecule has 6 nitrogen and oxygen atoms in total. The van der Waals surface area contributed by atoms with Gasteiger partial charge in [0.05, 0.1) is 23.5 Å². The highest BCUT2D eigenvalue weighted by molar-refractivity contribution is 5.97. The van der Waals surface area contributed by atoms with Crippen LogP contribution in [0, 0.1) is 17.8 Å². The number of carboxylic acids is 1. The van der Waals surface area contributed by atoms with Gasteiger partial charge in [-0.2, -0.15) is 5.10 Å². The number of rotatable bonds is 3. The average Bonchev–Trinajstić information content (AvgIpc) is 3.04. The number of benzene rings is 1. The Morgan fingerprint density at radius 2 is 2.10 bits per heavy atom. The number of anilines is 1. The maximum absolute atomic E-state index is 12.3.